The van der Waals surface area contributed by atoms with E-state index in [9.17, 15) is 0 Å². The maximum absolute atomic E-state index is 5.72. The topological polar surface area (TPSA) is 53.7 Å². The molecule has 0 aliphatic carbocycles. The molecule has 0 saturated heterocycles. The van der Waals surface area contributed by atoms with Gasteiger partial charge in [-0.3, -0.25) is 0 Å². The first-order chi connectivity index (χ1) is 27.8. The molecule has 0 radical (unpaired) electrons. The molecule has 0 bridgehead atoms. The number of benzene rings is 8. The van der Waals surface area contributed by atoms with Crippen LogP contribution in [0.2, 0.25) is 0 Å². The molecule has 0 atom stereocenters. The SMILES string of the molecule is c1ccc(-c2noc(-c3ccc(-n4c5ccc(-n6c7ccccc7c7ccccc76)cc5c5cc(-n6c7ccccc7c7ccccc76)ccc54)cc3)n2)cc1. The molecule has 0 aliphatic rings. The van der Waals surface area contributed by atoms with Gasteiger partial charge in [0.25, 0.3) is 5.89 Å². The zero-order valence-electron chi connectivity index (χ0n) is 30.0. The summed E-state index contributed by atoms with van der Waals surface area (Å²) in [5, 5.41) is 11.6. The zero-order valence-corrected chi connectivity index (χ0v) is 30.0. The summed E-state index contributed by atoms with van der Waals surface area (Å²) >= 11 is 0. The Balaban J connectivity index is 1.08. The molecule has 4 heterocycles. The van der Waals surface area contributed by atoms with Crippen molar-refractivity contribution in [1.29, 1.82) is 0 Å². The molecule has 0 N–H and O–H groups in total. The second-order valence-corrected chi connectivity index (χ2v) is 14.3. The lowest BCUT2D eigenvalue weighted by atomic mass is 10.1. The Kier molecular flexibility index (Phi) is 6.53. The summed E-state index contributed by atoms with van der Waals surface area (Å²) < 4.78 is 12.9. The minimum atomic E-state index is 0.490. The molecule has 0 aliphatic heterocycles. The van der Waals surface area contributed by atoms with Crippen molar-refractivity contribution in [2.75, 3.05) is 0 Å². The molecule has 0 amide bonds. The second kappa shape index (κ2) is 11.9. The molecule has 12 rings (SSSR count). The lowest BCUT2D eigenvalue weighted by molar-refractivity contribution is 0.432. The van der Waals surface area contributed by atoms with E-state index >= 15 is 0 Å². The van der Waals surface area contributed by atoms with E-state index in [0.717, 1.165) is 39.2 Å². The van der Waals surface area contributed by atoms with Gasteiger partial charge in [0.2, 0.25) is 5.82 Å². The van der Waals surface area contributed by atoms with Crippen LogP contribution in [0.1, 0.15) is 0 Å². The van der Waals surface area contributed by atoms with Crippen molar-refractivity contribution < 1.29 is 4.52 Å². The third-order valence-electron chi connectivity index (χ3n) is 11.2. The van der Waals surface area contributed by atoms with E-state index in [2.05, 4.69) is 177 Å². The highest BCUT2D eigenvalue weighted by atomic mass is 16.5. The van der Waals surface area contributed by atoms with E-state index in [1.54, 1.807) is 0 Å². The molecule has 6 nitrogen and oxygen atoms in total. The Bertz CT molecular complexity index is 3200. The van der Waals surface area contributed by atoms with Gasteiger partial charge in [0, 0.05) is 60.5 Å². The number of para-hydroxylation sites is 4. The highest BCUT2D eigenvalue weighted by Gasteiger charge is 2.19. The van der Waals surface area contributed by atoms with Crippen molar-refractivity contribution in [3.63, 3.8) is 0 Å². The summed E-state index contributed by atoms with van der Waals surface area (Å²) in [6, 6.07) is 66.8. The predicted octanol–water partition coefficient (Wildman–Crippen LogP) is 12.7. The third kappa shape index (κ3) is 4.50. The lowest BCUT2D eigenvalue weighted by Crippen LogP contribution is -1.96. The fraction of sp³-hybridized carbons (Fsp3) is 0. The van der Waals surface area contributed by atoms with Crippen molar-refractivity contribution >= 4 is 65.4 Å². The number of aromatic nitrogens is 5. The first-order valence-electron chi connectivity index (χ1n) is 18.8. The van der Waals surface area contributed by atoms with Gasteiger partial charge in [0.15, 0.2) is 0 Å². The summed E-state index contributed by atoms with van der Waals surface area (Å²) in [5.74, 6) is 1.06. The molecule has 56 heavy (non-hydrogen) atoms. The third-order valence-corrected chi connectivity index (χ3v) is 11.2. The standard InChI is InChI=1S/C50H31N5O/c1-2-12-32(13-3-1)49-51-50(56-52-49)33-22-24-34(25-23-33)53-47-28-26-35(54-43-18-8-4-14-37(43)38-15-5-9-19-44(38)54)30-41(47)42-31-36(27-29-48(42)53)55-45-20-10-6-16-39(45)40-17-7-11-21-46(40)55/h1-31H. The van der Waals surface area contributed by atoms with Crippen LogP contribution in [0.25, 0.3) is 105 Å². The summed E-state index contributed by atoms with van der Waals surface area (Å²) in [7, 11) is 0. The largest absolute Gasteiger partial charge is 0.334 e. The minimum absolute atomic E-state index is 0.490. The Labute approximate surface area is 320 Å². The van der Waals surface area contributed by atoms with Gasteiger partial charge in [-0.1, -0.05) is 108 Å². The molecule has 0 spiro atoms. The van der Waals surface area contributed by atoms with Gasteiger partial charge in [-0.2, -0.15) is 4.98 Å². The van der Waals surface area contributed by atoms with Crippen LogP contribution in [0.4, 0.5) is 0 Å². The maximum atomic E-state index is 5.72. The number of fused-ring (bicyclic) bond motifs is 9. The number of rotatable bonds is 5. The van der Waals surface area contributed by atoms with Gasteiger partial charge in [0.1, 0.15) is 0 Å². The molecule has 4 aromatic heterocycles. The normalized spacial score (nSPS) is 11.9. The van der Waals surface area contributed by atoms with E-state index in [1.165, 1.54) is 54.4 Å². The summed E-state index contributed by atoms with van der Waals surface area (Å²) in [6.07, 6.45) is 0. The van der Waals surface area contributed by atoms with Crippen molar-refractivity contribution in [3.8, 4) is 39.9 Å². The highest BCUT2D eigenvalue weighted by molar-refractivity contribution is 6.14. The number of hydrogen-bond donors (Lipinski definition) is 0. The van der Waals surface area contributed by atoms with Crippen LogP contribution < -0.4 is 0 Å². The zero-order chi connectivity index (χ0) is 36.7. The Morgan fingerprint density at radius 2 is 0.714 bits per heavy atom. The smallest absolute Gasteiger partial charge is 0.258 e. The van der Waals surface area contributed by atoms with Gasteiger partial charge in [-0.15, -0.1) is 0 Å². The molecule has 0 saturated carbocycles. The van der Waals surface area contributed by atoms with Crippen molar-refractivity contribution in [2.24, 2.45) is 0 Å². The summed E-state index contributed by atoms with van der Waals surface area (Å²) in [6.45, 7) is 0. The van der Waals surface area contributed by atoms with Gasteiger partial charge >= 0.3 is 0 Å². The average Bonchev–Trinajstić information content (AvgIpc) is 4.04. The van der Waals surface area contributed by atoms with Crippen LogP contribution in [0, 0.1) is 0 Å². The average molecular weight is 718 g/mol. The van der Waals surface area contributed by atoms with Crippen LogP contribution in [0.5, 0.6) is 0 Å². The van der Waals surface area contributed by atoms with E-state index in [-0.39, 0.29) is 0 Å². The van der Waals surface area contributed by atoms with Crippen LogP contribution in [0.3, 0.4) is 0 Å². The molecule has 12 aromatic rings. The molecule has 8 aromatic carbocycles. The molecule has 262 valence electrons. The van der Waals surface area contributed by atoms with E-state index < -0.39 is 0 Å². The fourth-order valence-electron chi connectivity index (χ4n) is 8.76. The first kappa shape index (κ1) is 30.7. The molecular weight excluding hydrogens is 687 g/mol. The summed E-state index contributed by atoms with van der Waals surface area (Å²) in [5.41, 5.74) is 12.1. The molecule has 0 unspecified atom stereocenters. The molecular formula is C50H31N5O. The maximum Gasteiger partial charge on any atom is 0.258 e. The van der Waals surface area contributed by atoms with Crippen LogP contribution in [-0.2, 0) is 0 Å². The lowest BCUT2D eigenvalue weighted by Gasteiger charge is -2.11. The van der Waals surface area contributed by atoms with Gasteiger partial charge in [-0.25, -0.2) is 0 Å². The Hall–Kier alpha value is -7.70. The van der Waals surface area contributed by atoms with Crippen molar-refractivity contribution in [3.05, 3.63) is 188 Å². The monoisotopic (exact) mass is 717 g/mol. The molecule has 6 heteroatoms. The first-order valence-corrected chi connectivity index (χ1v) is 18.8. The van der Waals surface area contributed by atoms with Crippen molar-refractivity contribution in [1.82, 2.24) is 23.8 Å². The van der Waals surface area contributed by atoms with Crippen LogP contribution >= 0.6 is 0 Å². The van der Waals surface area contributed by atoms with E-state index in [0.29, 0.717) is 11.7 Å². The van der Waals surface area contributed by atoms with E-state index in [1.807, 2.05) is 30.3 Å². The second-order valence-electron chi connectivity index (χ2n) is 14.3. The highest BCUT2D eigenvalue weighted by Crippen LogP contribution is 2.39. The van der Waals surface area contributed by atoms with Crippen molar-refractivity contribution in [2.45, 2.75) is 0 Å². The van der Waals surface area contributed by atoms with Gasteiger partial charge in [0.05, 0.1) is 33.1 Å². The van der Waals surface area contributed by atoms with Crippen LogP contribution in [-0.4, -0.2) is 23.8 Å². The summed E-state index contributed by atoms with van der Waals surface area (Å²) in [4.78, 5) is 4.71. The van der Waals surface area contributed by atoms with E-state index in [4.69, 9.17) is 9.51 Å². The predicted molar refractivity (Wildman–Crippen MR) is 228 cm³/mol. The fourth-order valence-corrected chi connectivity index (χ4v) is 8.76. The van der Waals surface area contributed by atoms with Gasteiger partial charge < -0.3 is 18.2 Å². The number of nitrogens with zero attached hydrogens (tertiary/aromatic N) is 5. The van der Waals surface area contributed by atoms with Gasteiger partial charge in [-0.05, 0) is 84.9 Å². The Morgan fingerprint density at radius 3 is 1.20 bits per heavy atom. The van der Waals surface area contributed by atoms with Crippen LogP contribution in [0.15, 0.2) is 193 Å². The Morgan fingerprint density at radius 1 is 0.321 bits per heavy atom. The molecule has 0 fully saturated rings. The minimum Gasteiger partial charge on any atom is -0.334 e. The quantitative estimate of drug-likeness (QED) is 0.178. The number of hydrogen-bond acceptors (Lipinski definition) is 3.